The van der Waals surface area contributed by atoms with Crippen molar-refractivity contribution in [3.63, 3.8) is 0 Å². The molecule has 6 saturated heterocycles. The Morgan fingerprint density at radius 3 is 1.13 bits per heavy atom. The summed E-state index contributed by atoms with van der Waals surface area (Å²) in [6.45, 7) is 4.01. The molecule has 36 heteroatoms. The highest BCUT2D eigenvalue weighted by Gasteiger charge is 2.67. The lowest BCUT2D eigenvalue weighted by Crippen LogP contribution is -2.64. The van der Waals surface area contributed by atoms with E-state index in [2.05, 4.69) is 27.7 Å². The van der Waals surface area contributed by atoms with Crippen LogP contribution in [0, 0.1) is 46.3 Å². The van der Waals surface area contributed by atoms with Gasteiger partial charge in [0.15, 0.2) is 37.7 Å². The Balaban J connectivity index is 0.821. The monoisotopic (exact) mass is 1480 g/mol. The van der Waals surface area contributed by atoms with E-state index in [1.807, 2.05) is 0 Å². The zero-order chi connectivity index (χ0) is 74.0. The van der Waals surface area contributed by atoms with Crippen molar-refractivity contribution in [2.75, 3.05) is 79.3 Å². The van der Waals surface area contributed by atoms with Crippen molar-refractivity contribution in [3.8, 4) is 0 Å². The maximum Gasteiger partial charge on any atom is 0.187 e. The van der Waals surface area contributed by atoms with E-state index in [1.165, 1.54) is 0 Å². The maximum atomic E-state index is 11.4. The van der Waals surface area contributed by atoms with Crippen molar-refractivity contribution in [1.82, 2.24) is 0 Å². The van der Waals surface area contributed by atoms with Gasteiger partial charge in [-0.1, -0.05) is 40.5 Å². The Kier molecular flexibility index (Phi) is 29.4. The first-order valence-corrected chi connectivity index (χ1v) is 36.1. The number of fused-ring (bicyclic) bond motifs is 5. The van der Waals surface area contributed by atoms with Crippen LogP contribution in [0.5, 0.6) is 0 Å². The predicted octanol–water partition coefficient (Wildman–Crippen LogP) is -8.62. The van der Waals surface area contributed by atoms with Crippen molar-refractivity contribution >= 4 is 0 Å². The van der Waals surface area contributed by atoms with Gasteiger partial charge in [-0.05, 0) is 85.9 Å². The highest BCUT2D eigenvalue weighted by atomic mass is 16.8. The molecule has 6 heterocycles. The minimum Gasteiger partial charge on any atom is -0.394 e. The number of aliphatic hydroxyl groups excluding tert-OH is 21. The smallest absolute Gasteiger partial charge is 0.187 e. The summed E-state index contributed by atoms with van der Waals surface area (Å²) in [5.41, 5.74) is -0.753. The normalized spacial score (nSPS) is 51.0. The molecule has 0 aromatic carbocycles. The highest BCUT2D eigenvalue weighted by Crippen LogP contribution is 2.69. The third kappa shape index (κ3) is 16.9. The minimum absolute atomic E-state index is 0.00499. The molecule has 21 N–H and O–H groups in total. The van der Waals surface area contributed by atoms with E-state index in [4.69, 9.17) is 71.1 Å². The fourth-order valence-electron chi connectivity index (χ4n) is 18.5. The summed E-state index contributed by atoms with van der Waals surface area (Å²) in [5, 5.41) is 222. The van der Waals surface area contributed by atoms with E-state index in [0.717, 1.165) is 32.1 Å². The van der Waals surface area contributed by atoms with Crippen LogP contribution in [0.15, 0.2) is 0 Å². The molecule has 4 saturated carbocycles. The topological polar surface area (TPSA) is 563 Å². The molecule has 0 amide bonds. The van der Waals surface area contributed by atoms with Gasteiger partial charge >= 0.3 is 0 Å². The number of aliphatic hydroxyl groups is 21. The minimum atomic E-state index is -1.86. The van der Waals surface area contributed by atoms with Crippen molar-refractivity contribution in [3.05, 3.63) is 0 Å². The second-order valence-corrected chi connectivity index (χ2v) is 29.9. The maximum absolute atomic E-state index is 11.4. The van der Waals surface area contributed by atoms with Gasteiger partial charge in [0.2, 0.25) is 0 Å². The van der Waals surface area contributed by atoms with Crippen LogP contribution in [0.1, 0.15) is 85.5 Å². The Morgan fingerprint density at radius 2 is 0.735 bits per heavy atom. The molecule has 0 aromatic rings. The molecule has 10 aliphatic rings. The number of hydrogen-bond acceptors (Lipinski definition) is 36. The highest BCUT2D eigenvalue weighted by molar-refractivity contribution is 5.15. The van der Waals surface area contributed by atoms with E-state index in [1.54, 1.807) is 0 Å². The first-order chi connectivity index (χ1) is 48.6. The van der Waals surface area contributed by atoms with Crippen LogP contribution in [-0.4, -0.2) is 389 Å². The fourth-order valence-corrected chi connectivity index (χ4v) is 18.5. The van der Waals surface area contributed by atoms with E-state index >= 15 is 0 Å². The van der Waals surface area contributed by atoms with E-state index in [0.29, 0.717) is 25.7 Å². The van der Waals surface area contributed by atoms with Gasteiger partial charge in [-0.2, -0.15) is 0 Å². The van der Waals surface area contributed by atoms with E-state index in [9.17, 15) is 107 Å². The molecule has 0 aromatic heterocycles. The van der Waals surface area contributed by atoms with Crippen molar-refractivity contribution in [2.45, 2.75) is 288 Å². The third-order valence-corrected chi connectivity index (χ3v) is 24.2. The summed E-state index contributed by atoms with van der Waals surface area (Å²) in [6.07, 6.45) is -43.5. The number of hydrogen-bond donors (Lipinski definition) is 21. The van der Waals surface area contributed by atoms with Gasteiger partial charge in [-0.25, -0.2) is 0 Å². The van der Waals surface area contributed by atoms with E-state index < -0.39 is 229 Å². The van der Waals surface area contributed by atoms with Crippen LogP contribution in [0.2, 0.25) is 0 Å². The van der Waals surface area contributed by atoms with Gasteiger partial charge in [-0.3, -0.25) is 0 Å². The SMILES string of the molecule is CCC[C@@H](C)[C@H]1CC[C@H]2[C@@H]3[C@H](OCCO[C@@H]4OC(CO)[C@@H](O[C@H]5OC(CO)[C@@H](O)C(O)[C@@H]5O)C(O)[C@@H]4O)C[C@@H]4C[C@H](OCCO[C@@H]5OC(CO)[C@@H](O[C@H]6OC(CO)[C@@H](O)C(O)[C@@H]6O)C(O)[C@@H]5O)CC[C@]4(C)[C@H]3CC(OCCO[C@@H]3OC(CO)[C@@H](O[C@H]4OC(CO)[C@@H](O)[C@H](O)C4O)C(O)[C@@H]3O)[C@]12C. The summed E-state index contributed by atoms with van der Waals surface area (Å²) in [7, 11) is 0. The van der Waals surface area contributed by atoms with Crippen molar-refractivity contribution in [1.29, 1.82) is 0 Å². The molecule has 36 nitrogen and oxygen atoms in total. The van der Waals surface area contributed by atoms with Gasteiger partial charge in [0.05, 0.1) is 97.6 Å². The lowest BCUT2D eigenvalue weighted by atomic mass is 9.43. The predicted molar refractivity (Wildman–Crippen MR) is 336 cm³/mol. The Bertz CT molecular complexity index is 2510. The van der Waals surface area contributed by atoms with E-state index in [-0.39, 0.29) is 98.9 Å². The summed E-state index contributed by atoms with van der Waals surface area (Å²) in [5.74, 6) is 0.465. The van der Waals surface area contributed by atoms with Gasteiger partial charge < -0.3 is 178 Å². The van der Waals surface area contributed by atoms with Crippen molar-refractivity contribution in [2.24, 2.45) is 46.3 Å². The Hall–Kier alpha value is -1.44. The number of ether oxygens (including phenoxy) is 15. The molecule has 4 aliphatic carbocycles. The standard InChI is InChI=1S/C66H114O36/c1-5-6-26(2)29-7-8-30-40-31(19-39(66(29,30)4)90-13-16-93-61-55(87)49(81)58(38(25-72)99-61)102-64-52(84)46(78)43(75)35(22-69)96-64)65(3)10-9-28(88-11-14-91-59-53(85)47(79)56(36(23-70)97-59)100-62-50(82)44(76)41(73)33(20-67)94-62)17-27(65)18-32(40)89-12-15-92-60-54(86)48(80)57(37(24-71)98-60)101-63-51(83)45(77)42(74)34(21-68)95-63/h26-64,67-87H,5-25H2,1-4H3/t26-,27+,28-,29-,30+,31+,32-,33?,34?,35?,36?,37?,38?,39?,40+,41-,42-,43-,44?,45?,46+,47?,48?,49?,50+,51+,52?,53+,54+,55+,56-,57-,58-,59-,60-,61-,62-,63-,64-,65+,66-/m1/s1. The summed E-state index contributed by atoms with van der Waals surface area (Å²) in [4.78, 5) is 0. The first kappa shape index (κ1) is 83.0. The lowest BCUT2D eigenvalue weighted by Gasteiger charge is -2.64. The van der Waals surface area contributed by atoms with Crippen molar-refractivity contribution < 1.29 is 178 Å². The molecule has 41 atom stereocenters. The first-order valence-electron chi connectivity index (χ1n) is 36.1. The fraction of sp³-hybridized carbons (Fsp3) is 1.00. The van der Waals surface area contributed by atoms with Crippen LogP contribution < -0.4 is 0 Å². The van der Waals surface area contributed by atoms with Crippen LogP contribution in [0.4, 0.5) is 0 Å². The Labute approximate surface area is 590 Å². The molecule has 102 heavy (non-hydrogen) atoms. The van der Waals surface area contributed by atoms with Gasteiger partial charge in [-0.15, -0.1) is 0 Å². The van der Waals surface area contributed by atoms with Crippen LogP contribution in [0.25, 0.3) is 0 Å². The second kappa shape index (κ2) is 36.2. The largest absolute Gasteiger partial charge is 0.394 e. The Morgan fingerprint density at radius 1 is 0.373 bits per heavy atom. The van der Waals surface area contributed by atoms with Crippen LogP contribution in [-0.2, 0) is 71.1 Å². The zero-order valence-corrected chi connectivity index (χ0v) is 57.9. The molecule has 0 spiro atoms. The van der Waals surface area contributed by atoms with Gasteiger partial charge in [0, 0.05) is 5.41 Å². The molecule has 10 fully saturated rings. The van der Waals surface area contributed by atoms with Crippen LogP contribution in [0.3, 0.4) is 0 Å². The quantitative estimate of drug-likeness (QED) is 0.0297. The van der Waals surface area contributed by atoms with Gasteiger partial charge in [0.25, 0.3) is 0 Å². The molecule has 6 aliphatic heterocycles. The molecule has 13 unspecified atom stereocenters. The molecular weight excluding hydrogens is 1370 g/mol. The zero-order valence-electron chi connectivity index (χ0n) is 57.9. The average molecular weight is 1480 g/mol. The lowest BCUT2D eigenvalue weighted by molar-refractivity contribution is -0.360. The molecule has 0 radical (unpaired) electrons. The summed E-state index contributed by atoms with van der Waals surface area (Å²) >= 11 is 0. The molecular formula is C66H114O36. The molecule has 0 bridgehead atoms. The summed E-state index contributed by atoms with van der Waals surface area (Å²) < 4.78 is 90.0. The molecule has 10 rings (SSSR count). The van der Waals surface area contributed by atoms with Gasteiger partial charge in [0.1, 0.15) is 146 Å². The van der Waals surface area contributed by atoms with Crippen LogP contribution >= 0.6 is 0 Å². The average Bonchev–Trinajstić information content (AvgIpc) is 1.40. The summed E-state index contributed by atoms with van der Waals surface area (Å²) in [6, 6.07) is 0. The third-order valence-electron chi connectivity index (χ3n) is 24.2. The number of rotatable bonds is 30. The molecule has 594 valence electrons. The second-order valence-electron chi connectivity index (χ2n) is 29.9.